The van der Waals surface area contributed by atoms with E-state index in [1.807, 2.05) is 0 Å². The minimum atomic E-state index is 0.488. The Balaban J connectivity index is 1.89. The van der Waals surface area contributed by atoms with Crippen LogP contribution in [0.15, 0.2) is 0 Å². The second kappa shape index (κ2) is 4.89. The van der Waals surface area contributed by atoms with Gasteiger partial charge in [-0.25, -0.2) is 0 Å². The lowest BCUT2D eigenvalue weighted by Gasteiger charge is -2.33. The Morgan fingerprint density at radius 3 is 2.59 bits per heavy atom. The first-order valence-electron chi connectivity index (χ1n) is 7.38. The highest BCUT2D eigenvalue weighted by atomic mass is 15.2. The van der Waals surface area contributed by atoms with E-state index in [0.29, 0.717) is 10.8 Å². The largest absolute Gasteiger partial charge is 0.316 e. The molecule has 0 aromatic carbocycles. The monoisotopic (exact) mass is 238 g/mol. The Labute approximate surface area is 107 Å². The van der Waals surface area contributed by atoms with Crippen molar-refractivity contribution in [3.63, 3.8) is 0 Å². The number of rotatable bonds is 3. The zero-order valence-corrected chi connectivity index (χ0v) is 12.2. The molecule has 0 aromatic heterocycles. The molecule has 100 valence electrons. The van der Waals surface area contributed by atoms with E-state index in [2.05, 4.69) is 37.9 Å². The molecule has 2 heteroatoms. The average molecular weight is 238 g/mol. The third kappa shape index (κ3) is 3.03. The Hall–Kier alpha value is -0.0800. The fourth-order valence-corrected chi connectivity index (χ4v) is 3.50. The first-order chi connectivity index (χ1) is 7.95. The van der Waals surface area contributed by atoms with Gasteiger partial charge in [-0.3, -0.25) is 0 Å². The van der Waals surface area contributed by atoms with Crippen LogP contribution < -0.4 is 5.32 Å². The van der Waals surface area contributed by atoms with Crippen molar-refractivity contribution in [1.29, 1.82) is 0 Å². The van der Waals surface area contributed by atoms with Gasteiger partial charge < -0.3 is 10.2 Å². The number of hydrogen-bond acceptors (Lipinski definition) is 2. The van der Waals surface area contributed by atoms with Gasteiger partial charge >= 0.3 is 0 Å². The Bertz CT molecular complexity index is 248. The molecule has 0 amide bonds. The topological polar surface area (TPSA) is 15.3 Å². The molecule has 2 aliphatic rings. The van der Waals surface area contributed by atoms with E-state index in [1.165, 1.54) is 52.0 Å². The summed E-state index contributed by atoms with van der Waals surface area (Å²) < 4.78 is 0. The summed E-state index contributed by atoms with van der Waals surface area (Å²) >= 11 is 0. The molecule has 2 rings (SSSR count). The van der Waals surface area contributed by atoms with Gasteiger partial charge in [-0.1, -0.05) is 27.7 Å². The number of hydrogen-bond donors (Lipinski definition) is 1. The molecular weight excluding hydrogens is 208 g/mol. The summed E-state index contributed by atoms with van der Waals surface area (Å²) in [4.78, 5) is 2.73. The van der Waals surface area contributed by atoms with Crippen molar-refractivity contribution in [2.75, 3.05) is 32.7 Å². The van der Waals surface area contributed by atoms with Gasteiger partial charge in [0.25, 0.3) is 0 Å². The van der Waals surface area contributed by atoms with Crippen molar-refractivity contribution in [1.82, 2.24) is 10.2 Å². The predicted molar refractivity (Wildman–Crippen MR) is 74.2 cm³/mol. The molecule has 2 heterocycles. The van der Waals surface area contributed by atoms with Gasteiger partial charge in [0.05, 0.1) is 0 Å². The number of likely N-dealkylation sites (tertiary alicyclic amines) is 1. The summed E-state index contributed by atoms with van der Waals surface area (Å²) in [5.74, 6) is 0.894. The van der Waals surface area contributed by atoms with E-state index in [9.17, 15) is 0 Å². The van der Waals surface area contributed by atoms with Crippen LogP contribution in [0.4, 0.5) is 0 Å². The van der Waals surface area contributed by atoms with Crippen LogP contribution in [0.3, 0.4) is 0 Å². The van der Waals surface area contributed by atoms with Crippen molar-refractivity contribution in [2.24, 2.45) is 16.7 Å². The third-order valence-electron chi connectivity index (χ3n) is 5.14. The molecule has 1 N–H and O–H groups in total. The SMILES string of the molecule is CCC1(CN2CCC(C(C)(C)C)C2)CCNC1. The van der Waals surface area contributed by atoms with Crippen LogP contribution in [0.5, 0.6) is 0 Å². The molecular formula is C15H30N2. The van der Waals surface area contributed by atoms with E-state index in [0.717, 1.165) is 5.92 Å². The van der Waals surface area contributed by atoms with Crippen LogP contribution in [0, 0.1) is 16.7 Å². The lowest BCUT2D eigenvalue weighted by Crippen LogP contribution is -2.38. The molecule has 0 saturated carbocycles. The van der Waals surface area contributed by atoms with Gasteiger partial charge in [-0.15, -0.1) is 0 Å². The highest BCUT2D eigenvalue weighted by Gasteiger charge is 2.38. The van der Waals surface area contributed by atoms with E-state index < -0.39 is 0 Å². The van der Waals surface area contributed by atoms with Gasteiger partial charge in [0, 0.05) is 19.6 Å². The van der Waals surface area contributed by atoms with Crippen LogP contribution in [-0.2, 0) is 0 Å². The summed E-state index contributed by atoms with van der Waals surface area (Å²) in [5.41, 5.74) is 1.06. The predicted octanol–water partition coefficient (Wildman–Crippen LogP) is 2.74. The second-order valence-corrected chi connectivity index (χ2v) is 7.37. The lowest BCUT2D eigenvalue weighted by molar-refractivity contribution is 0.164. The fourth-order valence-electron chi connectivity index (χ4n) is 3.50. The maximum atomic E-state index is 3.55. The maximum Gasteiger partial charge on any atom is 0.00506 e. The molecule has 0 spiro atoms. The molecule has 0 aromatic rings. The molecule has 0 aliphatic carbocycles. The summed E-state index contributed by atoms with van der Waals surface area (Å²) in [6.07, 6.45) is 4.10. The number of nitrogens with one attached hydrogen (secondary N) is 1. The first kappa shape index (κ1) is 13.4. The molecule has 2 nitrogen and oxygen atoms in total. The zero-order chi connectivity index (χ0) is 12.5. The van der Waals surface area contributed by atoms with Gasteiger partial charge in [-0.05, 0) is 49.1 Å². The van der Waals surface area contributed by atoms with Crippen LogP contribution >= 0.6 is 0 Å². The summed E-state index contributed by atoms with van der Waals surface area (Å²) in [6, 6.07) is 0. The third-order valence-corrected chi connectivity index (χ3v) is 5.14. The Morgan fingerprint density at radius 1 is 1.35 bits per heavy atom. The quantitative estimate of drug-likeness (QED) is 0.813. The standard InChI is InChI=1S/C15H30N2/c1-5-15(7-8-16-11-15)12-17-9-6-13(10-17)14(2,3)4/h13,16H,5-12H2,1-4H3. The van der Waals surface area contributed by atoms with E-state index in [1.54, 1.807) is 0 Å². The van der Waals surface area contributed by atoms with Crippen LogP contribution in [-0.4, -0.2) is 37.6 Å². The summed E-state index contributed by atoms with van der Waals surface area (Å²) in [7, 11) is 0. The summed E-state index contributed by atoms with van der Waals surface area (Å²) in [6.45, 7) is 16.0. The smallest absolute Gasteiger partial charge is 0.00506 e. The molecule has 2 fully saturated rings. The minimum Gasteiger partial charge on any atom is -0.316 e. The van der Waals surface area contributed by atoms with Crippen LogP contribution in [0.1, 0.15) is 47.0 Å². The average Bonchev–Trinajstić information content (AvgIpc) is 2.87. The van der Waals surface area contributed by atoms with Crippen molar-refractivity contribution >= 4 is 0 Å². The van der Waals surface area contributed by atoms with E-state index >= 15 is 0 Å². The zero-order valence-electron chi connectivity index (χ0n) is 12.2. The summed E-state index contributed by atoms with van der Waals surface area (Å²) in [5, 5.41) is 3.55. The molecule has 2 saturated heterocycles. The molecule has 2 unspecified atom stereocenters. The van der Waals surface area contributed by atoms with Gasteiger partial charge in [0.2, 0.25) is 0 Å². The van der Waals surface area contributed by atoms with Gasteiger partial charge in [-0.2, -0.15) is 0 Å². The van der Waals surface area contributed by atoms with Crippen LogP contribution in [0.2, 0.25) is 0 Å². The highest BCUT2D eigenvalue weighted by Crippen LogP contribution is 2.37. The van der Waals surface area contributed by atoms with Crippen LogP contribution in [0.25, 0.3) is 0 Å². The van der Waals surface area contributed by atoms with Crippen molar-refractivity contribution in [3.8, 4) is 0 Å². The fraction of sp³-hybridized carbons (Fsp3) is 1.00. The Morgan fingerprint density at radius 2 is 2.12 bits per heavy atom. The normalized spacial score (nSPS) is 35.6. The Kier molecular flexibility index (Phi) is 3.84. The second-order valence-electron chi connectivity index (χ2n) is 7.37. The first-order valence-corrected chi connectivity index (χ1v) is 7.38. The molecule has 0 bridgehead atoms. The molecule has 17 heavy (non-hydrogen) atoms. The van der Waals surface area contributed by atoms with E-state index in [-0.39, 0.29) is 0 Å². The molecule has 2 aliphatic heterocycles. The molecule has 0 radical (unpaired) electrons. The maximum absolute atomic E-state index is 3.55. The minimum absolute atomic E-state index is 0.488. The lowest BCUT2D eigenvalue weighted by atomic mass is 9.80. The van der Waals surface area contributed by atoms with Crippen molar-refractivity contribution < 1.29 is 0 Å². The van der Waals surface area contributed by atoms with Crippen molar-refractivity contribution in [3.05, 3.63) is 0 Å². The molecule has 2 atom stereocenters. The number of nitrogens with zero attached hydrogens (tertiary/aromatic N) is 1. The van der Waals surface area contributed by atoms with Gasteiger partial charge in [0.15, 0.2) is 0 Å². The van der Waals surface area contributed by atoms with E-state index in [4.69, 9.17) is 0 Å². The van der Waals surface area contributed by atoms with Gasteiger partial charge in [0.1, 0.15) is 0 Å². The van der Waals surface area contributed by atoms with Crippen molar-refractivity contribution in [2.45, 2.75) is 47.0 Å². The highest BCUT2D eigenvalue weighted by molar-refractivity contribution is 4.92.